The molecule has 0 spiro atoms. The molecule has 0 aromatic carbocycles. The van der Waals surface area contributed by atoms with Gasteiger partial charge >= 0.3 is 12.1 Å². The Hall–Kier alpha value is -1.27. The number of carboxylic acid groups (broad SMARTS) is 1. The van der Waals surface area contributed by atoms with Gasteiger partial charge in [0.25, 0.3) is 0 Å². The molecule has 0 bridgehead atoms. The molecule has 1 N–H and O–H groups in total. The van der Waals surface area contributed by atoms with Crippen molar-refractivity contribution >= 4 is 11.9 Å². The lowest BCUT2D eigenvalue weighted by Crippen LogP contribution is -2.40. The first-order chi connectivity index (χ1) is 6.76. The van der Waals surface area contributed by atoms with Crippen LogP contribution in [0.1, 0.15) is 19.8 Å². The third-order valence-corrected chi connectivity index (χ3v) is 1.52. The van der Waals surface area contributed by atoms with Crippen LogP contribution in [0.25, 0.3) is 0 Å². The molecule has 0 aliphatic rings. The fourth-order valence-electron chi connectivity index (χ4n) is 1.02. The third-order valence-electron chi connectivity index (χ3n) is 1.52. The SMILES string of the molecule is CCCN(CC(F)(F)F)C(=O)CC(=O)O. The molecule has 0 aromatic rings. The number of amides is 1. The van der Waals surface area contributed by atoms with Crippen LogP contribution >= 0.6 is 0 Å². The number of carbonyl (C=O) groups is 2. The fourth-order valence-corrected chi connectivity index (χ4v) is 1.02. The van der Waals surface area contributed by atoms with Crippen LogP contribution < -0.4 is 0 Å². The van der Waals surface area contributed by atoms with Crippen LogP contribution in [0.4, 0.5) is 13.2 Å². The van der Waals surface area contributed by atoms with Gasteiger partial charge < -0.3 is 10.0 Å². The van der Waals surface area contributed by atoms with Gasteiger partial charge in [0, 0.05) is 6.54 Å². The summed E-state index contributed by atoms with van der Waals surface area (Å²) in [6.07, 6.45) is -5.05. The summed E-state index contributed by atoms with van der Waals surface area (Å²) < 4.78 is 36.0. The summed E-state index contributed by atoms with van der Waals surface area (Å²) in [4.78, 5) is 21.7. The molecular formula is C8H12F3NO3. The monoisotopic (exact) mass is 227 g/mol. The maximum atomic E-state index is 12.0. The van der Waals surface area contributed by atoms with E-state index in [9.17, 15) is 22.8 Å². The molecule has 1 amide bonds. The van der Waals surface area contributed by atoms with Crippen LogP contribution in [0.15, 0.2) is 0 Å². The van der Waals surface area contributed by atoms with Gasteiger partial charge in [0.15, 0.2) is 0 Å². The lowest BCUT2D eigenvalue weighted by molar-refractivity contribution is -0.163. The van der Waals surface area contributed by atoms with Crippen LogP contribution in [0.2, 0.25) is 0 Å². The molecule has 0 unspecified atom stereocenters. The van der Waals surface area contributed by atoms with Gasteiger partial charge in [-0.2, -0.15) is 13.2 Å². The van der Waals surface area contributed by atoms with Gasteiger partial charge in [-0.15, -0.1) is 0 Å². The molecule has 0 aliphatic heterocycles. The quantitative estimate of drug-likeness (QED) is 0.719. The smallest absolute Gasteiger partial charge is 0.406 e. The number of carboxylic acids is 1. The van der Waals surface area contributed by atoms with Crippen LogP contribution in [0.3, 0.4) is 0 Å². The molecule has 0 aliphatic carbocycles. The van der Waals surface area contributed by atoms with E-state index in [2.05, 4.69) is 0 Å². The molecule has 0 aromatic heterocycles. The summed E-state index contributed by atoms with van der Waals surface area (Å²) in [6.45, 7) is 0.121. The Kier molecular flexibility index (Phi) is 5.10. The highest BCUT2D eigenvalue weighted by Crippen LogP contribution is 2.17. The average Bonchev–Trinajstić information content (AvgIpc) is 1.99. The number of hydrogen-bond acceptors (Lipinski definition) is 2. The number of halogens is 3. The first kappa shape index (κ1) is 13.7. The fraction of sp³-hybridized carbons (Fsp3) is 0.750. The summed E-state index contributed by atoms with van der Waals surface area (Å²) in [5, 5.41) is 8.27. The zero-order valence-corrected chi connectivity index (χ0v) is 8.17. The van der Waals surface area contributed by atoms with Gasteiger partial charge in [-0.05, 0) is 6.42 Å². The van der Waals surface area contributed by atoms with Crippen LogP contribution in [0, 0.1) is 0 Å². The summed E-state index contributed by atoms with van der Waals surface area (Å²) in [7, 11) is 0. The minimum atomic E-state index is -4.50. The van der Waals surface area contributed by atoms with E-state index in [-0.39, 0.29) is 6.54 Å². The number of rotatable bonds is 5. The molecule has 88 valence electrons. The van der Waals surface area contributed by atoms with Gasteiger partial charge in [-0.1, -0.05) is 6.92 Å². The van der Waals surface area contributed by atoms with Gasteiger partial charge in [-0.25, -0.2) is 0 Å². The van der Waals surface area contributed by atoms with Gasteiger partial charge in [0.2, 0.25) is 5.91 Å². The van der Waals surface area contributed by atoms with Crippen molar-refractivity contribution in [1.82, 2.24) is 4.90 Å². The zero-order valence-electron chi connectivity index (χ0n) is 8.17. The molecule has 0 rings (SSSR count). The van der Waals surface area contributed by atoms with E-state index in [1.54, 1.807) is 6.92 Å². The van der Waals surface area contributed by atoms with Crippen LogP contribution in [0.5, 0.6) is 0 Å². The van der Waals surface area contributed by atoms with Crippen molar-refractivity contribution in [2.45, 2.75) is 25.9 Å². The Bertz CT molecular complexity index is 240. The highest BCUT2D eigenvalue weighted by molar-refractivity contribution is 5.93. The molecular weight excluding hydrogens is 215 g/mol. The largest absolute Gasteiger partial charge is 0.481 e. The molecule has 0 heterocycles. The topological polar surface area (TPSA) is 57.6 Å². The van der Waals surface area contributed by atoms with Crippen molar-refractivity contribution in [3.05, 3.63) is 0 Å². The minimum Gasteiger partial charge on any atom is -0.481 e. The Morgan fingerprint density at radius 2 is 1.87 bits per heavy atom. The highest BCUT2D eigenvalue weighted by atomic mass is 19.4. The third kappa shape index (κ3) is 6.75. The molecule has 0 radical (unpaired) electrons. The molecule has 4 nitrogen and oxygen atoms in total. The summed E-state index contributed by atoms with van der Waals surface area (Å²) in [5.41, 5.74) is 0. The molecule has 0 atom stereocenters. The van der Waals surface area contributed by atoms with Gasteiger partial charge in [0.1, 0.15) is 13.0 Å². The van der Waals surface area contributed by atoms with Gasteiger partial charge in [0.05, 0.1) is 0 Å². The summed E-state index contributed by atoms with van der Waals surface area (Å²) >= 11 is 0. The van der Waals surface area contributed by atoms with Crippen LogP contribution in [-0.2, 0) is 9.59 Å². The zero-order chi connectivity index (χ0) is 12.1. The highest BCUT2D eigenvalue weighted by Gasteiger charge is 2.32. The first-order valence-electron chi connectivity index (χ1n) is 4.32. The summed E-state index contributed by atoms with van der Waals surface area (Å²) in [6, 6.07) is 0. The maximum Gasteiger partial charge on any atom is 0.406 e. The molecule has 15 heavy (non-hydrogen) atoms. The van der Waals surface area contributed by atoms with Crippen LogP contribution in [-0.4, -0.2) is 41.1 Å². The number of nitrogens with zero attached hydrogens (tertiary/aromatic N) is 1. The van der Waals surface area contributed by atoms with Crippen molar-refractivity contribution in [3.8, 4) is 0 Å². The van der Waals surface area contributed by atoms with Crippen molar-refractivity contribution in [2.24, 2.45) is 0 Å². The predicted octanol–water partition coefficient (Wildman–Crippen LogP) is 1.26. The van der Waals surface area contributed by atoms with E-state index in [0.29, 0.717) is 11.3 Å². The predicted molar refractivity (Wildman–Crippen MR) is 45.2 cm³/mol. The number of aliphatic carboxylic acids is 1. The van der Waals surface area contributed by atoms with E-state index in [1.807, 2.05) is 0 Å². The maximum absolute atomic E-state index is 12.0. The molecule has 0 fully saturated rings. The molecule has 0 saturated carbocycles. The van der Waals surface area contributed by atoms with Crippen molar-refractivity contribution < 1.29 is 27.9 Å². The van der Waals surface area contributed by atoms with Gasteiger partial charge in [-0.3, -0.25) is 9.59 Å². The second kappa shape index (κ2) is 5.57. The van der Waals surface area contributed by atoms with Crippen molar-refractivity contribution in [2.75, 3.05) is 13.1 Å². The Labute approximate surface area is 84.7 Å². The average molecular weight is 227 g/mol. The Morgan fingerprint density at radius 3 is 2.20 bits per heavy atom. The number of hydrogen-bond donors (Lipinski definition) is 1. The van der Waals surface area contributed by atoms with E-state index in [4.69, 9.17) is 5.11 Å². The van der Waals surface area contributed by atoms with Crippen molar-refractivity contribution in [3.63, 3.8) is 0 Å². The second-order valence-electron chi connectivity index (χ2n) is 3.00. The first-order valence-corrected chi connectivity index (χ1v) is 4.32. The van der Waals surface area contributed by atoms with E-state index < -0.39 is 31.0 Å². The second-order valence-corrected chi connectivity index (χ2v) is 3.00. The standard InChI is InChI=1S/C8H12F3NO3/c1-2-3-12(5-8(9,10)11)6(13)4-7(14)15/h2-5H2,1H3,(H,14,15). The van der Waals surface area contributed by atoms with E-state index in [0.717, 1.165) is 0 Å². The lowest BCUT2D eigenvalue weighted by atomic mass is 10.3. The van der Waals surface area contributed by atoms with E-state index >= 15 is 0 Å². The van der Waals surface area contributed by atoms with E-state index in [1.165, 1.54) is 0 Å². The minimum absolute atomic E-state index is 0.0916. The molecule has 0 saturated heterocycles. The number of carbonyl (C=O) groups excluding carboxylic acids is 1. The lowest BCUT2D eigenvalue weighted by Gasteiger charge is -2.22. The molecule has 7 heteroatoms. The summed E-state index contributed by atoms with van der Waals surface area (Å²) in [5.74, 6) is -2.44. The normalized spacial score (nSPS) is 11.2. The van der Waals surface area contributed by atoms with Crippen molar-refractivity contribution in [1.29, 1.82) is 0 Å². The number of alkyl halides is 3. The Morgan fingerprint density at radius 1 is 1.33 bits per heavy atom. The Balaban J connectivity index is 4.38.